The number of carbonyl (C=O) groups excluding carboxylic acids is 1. The molecule has 0 aliphatic carbocycles. The molecule has 0 radical (unpaired) electrons. The molecule has 0 bridgehead atoms. The number of hydrogen-bond donors (Lipinski definition) is 1. The fourth-order valence-corrected chi connectivity index (χ4v) is 2.69. The third-order valence-corrected chi connectivity index (χ3v) is 4.46. The second-order valence-corrected chi connectivity index (χ2v) is 6.43. The lowest BCUT2D eigenvalue weighted by molar-refractivity contribution is -0.148. The summed E-state index contributed by atoms with van der Waals surface area (Å²) in [4.78, 5) is 24.8. The number of aliphatic carboxylic acids is 1. The molecule has 4 nitrogen and oxygen atoms in total. The van der Waals surface area contributed by atoms with E-state index in [1.807, 2.05) is 6.92 Å². The van der Waals surface area contributed by atoms with E-state index in [0.717, 1.165) is 0 Å². The normalized spacial score (nSPS) is 24.4. The van der Waals surface area contributed by atoms with Crippen LogP contribution in [0.1, 0.15) is 33.6 Å². The number of rotatable bonds is 5. The highest BCUT2D eigenvalue weighted by Gasteiger charge is 2.44. The van der Waals surface area contributed by atoms with E-state index in [0.29, 0.717) is 36.9 Å². The molecule has 1 aliphatic rings. The van der Waals surface area contributed by atoms with Crippen LogP contribution in [0.15, 0.2) is 0 Å². The molecule has 1 amide bonds. The van der Waals surface area contributed by atoms with Gasteiger partial charge in [-0.3, -0.25) is 9.59 Å². The van der Waals surface area contributed by atoms with E-state index in [-0.39, 0.29) is 5.91 Å². The lowest BCUT2D eigenvalue weighted by atomic mass is 9.84. The summed E-state index contributed by atoms with van der Waals surface area (Å²) in [6.07, 6.45) is 1.17. The maximum absolute atomic E-state index is 11.9. The smallest absolute Gasteiger partial charge is 0.311 e. The summed E-state index contributed by atoms with van der Waals surface area (Å²) in [5, 5.41) is 9.67. The van der Waals surface area contributed by atoms with E-state index < -0.39 is 11.4 Å². The van der Waals surface area contributed by atoms with Crippen LogP contribution >= 0.6 is 11.8 Å². The number of hydrogen-bond acceptors (Lipinski definition) is 3. The number of nitrogens with zero attached hydrogens (tertiary/aromatic N) is 1. The summed E-state index contributed by atoms with van der Waals surface area (Å²) in [7, 11) is 0. The van der Waals surface area contributed by atoms with Gasteiger partial charge in [-0.15, -0.1) is 11.8 Å². The number of carboxylic acids is 1. The van der Waals surface area contributed by atoms with Gasteiger partial charge >= 0.3 is 5.97 Å². The van der Waals surface area contributed by atoms with Crippen LogP contribution in [0, 0.1) is 5.41 Å². The first kappa shape index (κ1) is 14.4. The Labute approximate surface area is 107 Å². The Bertz CT molecular complexity index is 306. The molecule has 0 aromatic carbocycles. The van der Waals surface area contributed by atoms with Crippen LogP contribution in [0.2, 0.25) is 0 Å². The molecular weight excluding hydrogens is 238 g/mol. The van der Waals surface area contributed by atoms with Gasteiger partial charge in [0.25, 0.3) is 0 Å². The molecule has 1 N–H and O–H groups in total. The zero-order valence-electron chi connectivity index (χ0n) is 10.7. The second-order valence-electron chi connectivity index (χ2n) is 4.86. The third kappa shape index (κ3) is 3.37. The fraction of sp³-hybridized carbons (Fsp3) is 0.833. The van der Waals surface area contributed by atoms with Crippen molar-refractivity contribution in [1.82, 2.24) is 4.90 Å². The van der Waals surface area contributed by atoms with Gasteiger partial charge in [-0.2, -0.15) is 0 Å². The van der Waals surface area contributed by atoms with Crippen LogP contribution in [0.3, 0.4) is 0 Å². The quantitative estimate of drug-likeness (QED) is 0.818. The van der Waals surface area contributed by atoms with Crippen molar-refractivity contribution in [2.24, 2.45) is 5.41 Å². The van der Waals surface area contributed by atoms with E-state index >= 15 is 0 Å². The van der Waals surface area contributed by atoms with Crippen LogP contribution in [0.25, 0.3) is 0 Å². The van der Waals surface area contributed by atoms with Gasteiger partial charge in [0.05, 0.1) is 11.2 Å². The fourth-order valence-electron chi connectivity index (χ4n) is 2.03. The number of amides is 1. The van der Waals surface area contributed by atoms with Crippen molar-refractivity contribution in [3.8, 4) is 0 Å². The monoisotopic (exact) mass is 259 g/mol. The number of carbonyl (C=O) groups is 2. The number of carboxylic acid groups (broad SMARTS) is 1. The minimum atomic E-state index is -0.771. The van der Waals surface area contributed by atoms with Gasteiger partial charge in [0.1, 0.15) is 0 Å². The van der Waals surface area contributed by atoms with Gasteiger partial charge in [-0.05, 0) is 18.1 Å². The summed E-state index contributed by atoms with van der Waals surface area (Å²) < 4.78 is 0. The van der Waals surface area contributed by atoms with Crippen molar-refractivity contribution in [2.75, 3.05) is 18.8 Å². The van der Waals surface area contributed by atoms with Crippen LogP contribution in [-0.2, 0) is 9.59 Å². The van der Waals surface area contributed by atoms with Crippen LogP contribution in [0.5, 0.6) is 0 Å². The van der Waals surface area contributed by atoms with Gasteiger partial charge in [0.15, 0.2) is 0 Å². The molecule has 1 atom stereocenters. The second kappa shape index (κ2) is 5.76. The summed E-state index contributed by atoms with van der Waals surface area (Å²) in [5.74, 6) is -0.246. The van der Waals surface area contributed by atoms with E-state index in [2.05, 4.69) is 13.8 Å². The minimum absolute atomic E-state index is 0.0697. The molecule has 0 spiro atoms. The van der Waals surface area contributed by atoms with E-state index in [1.165, 1.54) is 0 Å². The standard InChI is InChI=1S/C12H21NO3S/c1-4-12(11(15)16)5-6-13(8-12)10(14)7-17-9(2)3/h9H,4-8H2,1-3H3,(H,15,16). The van der Waals surface area contributed by atoms with Crippen molar-refractivity contribution in [3.05, 3.63) is 0 Å². The predicted molar refractivity (Wildman–Crippen MR) is 69.2 cm³/mol. The zero-order valence-corrected chi connectivity index (χ0v) is 11.5. The predicted octanol–water partition coefficient (Wildman–Crippen LogP) is 1.84. The topological polar surface area (TPSA) is 57.6 Å². The highest BCUT2D eigenvalue weighted by molar-refractivity contribution is 8.00. The molecule has 1 aliphatic heterocycles. The Balaban J connectivity index is 2.54. The van der Waals surface area contributed by atoms with E-state index in [4.69, 9.17) is 0 Å². The number of likely N-dealkylation sites (tertiary alicyclic amines) is 1. The van der Waals surface area contributed by atoms with Crippen molar-refractivity contribution < 1.29 is 14.7 Å². The summed E-state index contributed by atoms with van der Waals surface area (Å²) in [6, 6.07) is 0. The van der Waals surface area contributed by atoms with Gasteiger partial charge in [-0.25, -0.2) is 0 Å². The summed E-state index contributed by atoms with van der Waals surface area (Å²) in [5.41, 5.74) is -0.710. The zero-order chi connectivity index (χ0) is 13.1. The van der Waals surface area contributed by atoms with Crippen LogP contribution in [-0.4, -0.2) is 46.0 Å². The lowest BCUT2D eigenvalue weighted by Crippen LogP contribution is -2.37. The molecule has 17 heavy (non-hydrogen) atoms. The Kier molecular flexibility index (Phi) is 4.86. The minimum Gasteiger partial charge on any atom is -0.481 e. The molecule has 1 saturated heterocycles. The molecule has 98 valence electrons. The Hall–Kier alpha value is -0.710. The Morgan fingerprint density at radius 3 is 2.53 bits per heavy atom. The van der Waals surface area contributed by atoms with E-state index in [1.54, 1.807) is 16.7 Å². The average molecular weight is 259 g/mol. The molecule has 1 heterocycles. The van der Waals surface area contributed by atoms with Crippen LogP contribution in [0.4, 0.5) is 0 Å². The SMILES string of the molecule is CCC1(C(=O)O)CCN(C(=O)CSC(C)C)C1. The van der Waals surface area contributed by atoms with Crippen molar-refractivity contribution in [3.63, 3.8) is 0 Å². The first-order valence-corrected chi connectivity index (χ1v) is 7.09. The third-order valence-electron chi connectivity index (χ3n) is 3.38. The average Bonchev–Trinajstić information content (AvgIpc) is 2.71. The highest BCUT2D eigenvalue weighted by atomic mass is 32.2. The lowest BCUT2D eigenvalue weighted by Gasteiger charge is -2.23. The first-order valence-electron chi connectivity index (χ1n) is 6.04. The molecule has 1 unspecified atom stereocenters. The van der Waals surface area contributed by atoms with E-state index in [9.17, 15) is 14.7 Å². The molecule has 0 aromatic rings. The van der Waals surface area contributed by atoms with Gasteiger partial charge in [-0.1, -0.05) is 20.8 Å². The summed E-state index contributed by atoms with van der Waals surface area (Å²) >= 11 is 1.60. The highest BCUT2D eigenvalue weighted by Crippen LogP contribution is 2.34. The Morgan fingerprint density at radius 1 is 1.47 bits per heavy atom. The molecule has 0 saturated carbocycles. The molecule has 1 fully saturated rings. The Morgan fingerprint density at radius 2 is 2.12 bits per heavy atom. The van der Waals surface area contributed by atoms with Gasteiger partial charge in [0, 0.05) is 13.1 Å². The maximum Gasteiger partial charge on any atom is 0.311 e. The molecule has 0 aromatic heterocycles. The van der Waals surface area contributed by atoms with Gasteiger partial charge in [0.2, 0.25) is 5.91 Å². The largest absolute Gasteiger partial charge is 0.481 e. The first-order chi connectivity index (χ1) is 7.91. The number of thioether (sulfide) groups is 1. The molecule has 5 heteroatoms. The van der Waals surface area contributed by atoms with Crippen molar-refractivity contribution in [2.45, 2.75) is 38.9 Å². The van der Waals surface area contributed by atoms with Crippen LogP contribution < -0.4 is 0 Å². The molecule has 1 rings (SSSR count). The van der Waals surface area contributed by atoms with Gasteiger partial charge < -0.3 is 10.0 Å². The van der Waals surface area contributed by atoms with Crippen molar-refractivity contribution >= 4 is 23.6 Å². The molecular formula is C12H21NO3S. The van der Waals surface area contributed by atoms with Crippen molar-refractivity contribution in [1.29, 1.82) is 0 Å². The summed E-state index contributed by atoms with van der Waals surface area (Å²) in [6.45, 7) is 6.93. The maximum atomic E-state index is 11.9.